The maximum atomic E-state index is 3.26. The summed E-state index contributed by atoms with van der Waals surface area (Å²) < 4.78 is 0. The van der Waals surface area contributed by atoms with Crippen molar-refractivity contribution in [1.82, 2.24) is 0 Å². The largest absolute Gasteiger partial charge is 0.0633 e. The lowest BCUT2D eigenvalue weighted by Gasteiger charge is -2.13. The molecule has 6 heavy (non-hydrogen) atoms. The maximum Gasteiger partial charge on any atom is -0.0197 e. The highest BCUT2D eigenvalue weighted by Crippen LogP contribution is 2.25. The van der Waals surface area contributed by atoms with Gasteiger partial charge in [-0.1, -0.05) is 21.5 Å². The van der Waals surface area contributed by atoms with Crippen LogP contribution in [0.3, 0.4) is 0 Å². The van der Waals surface area contributed by atoms with Gasteiger partial charge in [0.05, 0.1) is 0 Å². The zero-order chi connectivity index (χ0) is 4.41. The molecule has 1 heteroatoms. The predicted octanol–water partition coefficient (Wildman–Crippen LogP) is 2.45. The van der Waals surface area contributed by atoms with Crippen LogP contribution in [0.4, 0.5) is 0 Å². The van der Waals surface area contributed by atoms with Crippen LogP contribution in [0.2, 0.25) is 0 Å². The van der Waals surface area contributed by atoms with Gasteiger partial charge in [0, 0.05) is 0 Å². The van der Waals surface area contributed by atoms with Gasteiger partial charge in [-0.2, -0.15) is 0 Å². The predicted molar refractivity (Wildman–Crippen MR) is 30.9 cm³/mol. The lowest BCUT2D eigenvalue weighted by molar-refractivity contribution is 0.666. The van der Waals surface area contributed by atoms with E-state index in [1.165, 1.54) is 19.3 Å². The SMILES string of the molecule is BrC=C1CCC1. The van der Waals surface area contributed by atoms with Crippen molar-refractivity contribution in [2.24, 2.45) is 0 Å². The summed E-state index contributed by atoms with van der Waals surface area (Å²) in [5.41, 5.74) is 1.56. The first-order valence-corrected chi connectivity index (χ1v) is 3.13. The molecule has 0 aromatic heterocycles. The van der Waals surface area contributed by atoms with Gasteiger partial charge in [-0.15, -0.1) is 0 Å². The molecule has 1 fully saturated rings. The third kappa shape index (κ3) is 0.648. The van der Waals surface area contributed by atoms with Crippen molar-refractivity contribution in [3.63, 3.8) is 0 Å². The standard InChI is InChI=1S/C5H7Br/c6-4-5-2-1-3-5/h4H,1-3H2. The monoisotopic (exact) mass is 146 g/mol. The lowest BCUT2D eigenvalue weighted by atomic mass is 9.95. The van der Waals surface area contributed by atoms with E-state index in [4.69, 9.17) is 0 Å². The normalized spacial score (nSPS) is 19.8. The van der Waals surface area contributed by atoms with Crippen LogP contribution < -0.4 is 0 Å². The van der Waals surface area contributed by atoms with Crippen molar-refractivity contribution >= 4 is 15.9 Å². The molecule has 0 N–H and O–H groups in total. The summed E-state index contributed by atoms with van der Waals surface area (Å²) >= 11 is 3.26. The van der Waals surface area contributed by atoms with Crippen LogP contribution in [0.5, 0.6) is 0 Å². The van der Waals surface area contributed by atoms with Gasteiger partial charge in [0.15, 0.2) is 0 Å². The van der Waals surface area contributed by atoms with E-state index in [9.17, 15) is 0 Å². The van der Waals surface area contributed by atoms with Gasteiger partial charge in [-0.25, -0.2) is 0 Å². The molecule has 1 rings (SSSR count). The second kappa shape index (κ2) is 1.78. The Morgan fingerprint density at radius 2 is 2.17 bits per heavy atom. The van der Waals surface area contributed by atoms with Gasteiger partial charge < -0.3 is 0 Å². The van der Waals surface area contributed by atoms with E-state index in [0.717, 1.165) is 0 Å². The van der Waals surface area contributed by atoms with Gasteiger partial charge in [0.2, 0.25) is 0 Å². The molecule has 34 valence electrons. The zero-order valence-corrected chi connectivity index (χ0v) is 5.16. The van der Waals surface area contributed by atoms with Crippen LogP contribution in [-0.2, 0) is 0 Å². The van der Waals surface area contributed by atoms with Crippen LogP contribution in [0.1, 0.15) is 19.3 Å². The molecule has 1 saturated carbocycles. The molecule has 0 saturated heterocycles. The van der Waals surface area contributed by atoms with Gasteiger partial charge in [0.1, 0.15) is 0 Å². The summed E-state index contributed by atoms with van der Waals surface area (Å²) in [6, 6.07) is 0. The summed E-state index contributed by atoms with van der Waals surface area (Å²) in [5.74, 6) is 0. The number of hydrogen-bond donors (Lipinski definition) is 0. The lowest BCUT2D eigenvalue weighted by Crippen LogP contribution is -1.93. The Bertz CT molecular complexity index is 68.0. The molecule has 1 aliphatic rings. The fourth-order valence-electron chi connectivity index (χ4n) is 0.490. The van der Waals surface area contributed by atoms with Crippen LogP contribution in [-0.4, -0.2) is 0 Å². The van der Waals surface area contributed by atoms with Crippen LogP contribution in [0.25, 0.3) is 0 Å². The second-order valence-corrected chi connectivity index (χ2v) is 2.08. The van der Waals surface area contributed by atoms with E-state index in [1.807, 2.05) is 4.99 Å². The molecule has 0 aromatic carbocycles. The fourth-order valence-corrected chi connectivity index (χ4v) is 0.948. The van der Waals surface area contributed by atoms with Crippen molar-refractivity contribution in [3.8, 4) is 0 Å². The average molecular weight is 147 g/mol. The van der Waals surface area contributed by atoms with E-state index >= 15 is 0 Å². The van der Waals surface area contributed by atoms with Gasteiger partial charge in [-0.05, 0) is 24.2 Å². The van der Waals surface area contributed by atoms with E-state index in [2.05, 4.69) is 15.9 Å². The van der Waals surface area contributed by atoms with E-state index < -0.39 is 0 Å². The summed E-state index contributed by atoms with van der Waals surface area (Å²) in [4.78, 5) is 2.04. The van der Waals surface area contributed by atoms with E-state index in [-0.39, 0.29) is 0 Å². The Morgan fingerprint density at radius 1 is 1.50 bits per heavy atom. The molecule has 0 aliphatic heterocycles. The summed E-state index contributed by atoms with van der Waals surface area (Å²) in [5, 5.41) is 0. The molecule has 0 atom stereocenters. The highest BCUT2D eigenvalue weighted by Gasteiger charge is 2.05. The molecule has 0 amide bonds. The molecule has 0 bridgehead atoms. The number of allylic oxidation sites excluding steroid dienone is 1. The van der Waals surface area contributed by atoms with Crippen molar-refractivity contribution in [1.29, 1.82) is 0 Å². The minimum atomic E-state index is 1.32. The Morgan fingerprint density at radius 3 is 2.17 bits per heavy atom. The highest BCUT2D eigenvalue weighted by molar-refractivity contribution is 9.11. The third-order valence-corrected chi connectivity index (χ3v) is 1.80. The Balaban J connectivity index is 2.34. The van der Waals surface area contributed by atoms with Crippen LogP contribution in [0, 0.1) is 0 Å². The second-order valence-electron chi connectivity index (χ2n) is 1.62. The molecule has 0 unspecified atom stereocenters. The summed E-state index contributed by atoms with van der Waals surface area (Å²) in [6.07, 6.45) is 4.05. The van der Waals surface area contributed by atoms with Crippen molar-refractivity contribution < 1.29 is 0 Å². The van der Waals surface area contributed by atoms with Gasteiger partial charge in [0.25, 0.3) is 0 Å². The van der Waals surface area contributed by atoms with Crippen LogP contribution in [0.15, 0.2) is 10.6 Å². The molecule has 0 spiro atoms. The highest BCUT2D eigenvalue weighted by atomic mass is 79.9. The Kier molecular flexibility index (Phi) is 1.30. The quantitative estimate of drug-likeness (QED) is 0.493. The first-order chi connectivity index (χ1) is 2.93. The maximum absolute atomic E-state index is 3.26. The number of rotatable bonds is 0. The Labute approximate surface area is 46.4 Å². The zero-order valence-electron chi connectivity index (χ0n) is 3.58. The topological polar surface area (TPSA) is 0 Å². The molecule has 0 aromatic rings. The average Bonchev–Trinajstić information content (AvgIpc) is 1.31. The van der Waals surface area contributed by atoms with E-state index in [0.29, 0.717) is 0 Å². The van der Waals surface area contributed by atoms with Gasteiger partial charge >= 0.3 is 0 Å². The van der Waals surface area contributed by atoms with Crippen LogP contribution >= 0.6 is 15.9 Å². The van der Waals surface area contributed by atoms with Crippen molar-refractivity contribution in [3.05, 3.63) is 10.6 Å². The minimum Gasteiger partial charge on any atom is -0.0633 e. The summed E-state index contributed by atoms with van der Waals surface area (Å²) in [7, 11) is 0. The van der Waals surface area contributed by atoms with Gasteiger partial charge in [-0.3, -0.25) is 0 Å². The molecule has 0 radical (unpaired) electrons. The van der Waals surface area contributed by atoms with Crippen molar-refractivity contribution in [2.75, 3.05) is 0 Å². The number of halogens is 1. The number of hydrogen-bond acceptors (Lipinski definition) is 0. The summed E-state index contributed by atoms with van der Waals surface area (Å²) in [6.45, 7) is 0. The van der Waals surface area contributed by atoms with Crippen molar-refractivity contribution in [2.45, 2.75) is 19.3 Å². The first-order valence-electron chi connectivity index (χ1n) is 2.21. The molecule has 0 nitrogen and oxygen atoms in total. The third-order valence-electron chi connectivity index (χ3n) is 1.15. The fraction of sp³-hybridized carbons (Fsp3) is 0.600. The Hall–Kier alpha value is 0.220. The molecular formula is C5H7Br. The minimum absolute atomic E-state index is 1.32. The molecular weight excluding hydrogens is 140 g/mol. The molecule has 1 aliphatic carbocycles. The van der Waals surface area contributed by atoms with E-state index in [1.54, 1.807) is 5.57 Å². The smallest absolute Gasteiger partial charge is 0.0197 e. The molecule has 0 heterocycles. The first kappa shape index (κ1) is 4.38.